The number of rotatable bonds is 5. The largest absolute Gasteiger partial charge is 0.497 e. The van der Waals surface area contributed by atoms with Crippen molar-refractivity contribution >= 4 is 22.6 Å². The second-order valence-electron chi connectivity index (χ2n) is 6.95. The maximum absolute atomic E-state index is 12.6. The van der Waals surface area contributed by atoms with E-state index in [1.165, 1.54) is 5.56 Å². The van der Waals surface area contributed by atoms with Gasteiger partial charge in [-0.3, -0.25) is 4.79 Å². The van der Waals surface area contributed by atoms with E-state index in [4.69, 9.17) is 4.74 Å². The zero-order valence-corrected chi connectivity index (χ0v) is 16.6. The lowest BCUT2D eigenvalue weighted by Crippen LogP contribution is -2.19. The van der Waals surface area contributed by atoms with Crippen LogP contribution in [-0.4, -0.2) is 27.8 Å². The van der Waals surface area contributed by atoms with Crippen molar-refractivity contribution in [1.82, 2.24) is 14.8 Å². The van der Waals surface area contributed by atoms with E-state index in [1.54, 1.807) is 24.1 Å². The minimum Gasteiger partial charge on any atom is -0.497 e. The summed E-state index contributed by atoms with van der Waals surface area (Å²) < 4.78 is 6.85. The number of nitrogens with zero attached hydrogens (tertiary/aromatic N) is 3. The molecule has 0 atom stereocenters. The number of pyridine rings is 1. The topological polar surface area (TPSA) is 69.0 Å². The summed E-state index contributed by atoms with van der Waals surface area (Å²) >= 11 is 0. The lowest BCUT2D eigenvalue weighted by Gasteiger charge is -2.08. The fourth-order valence-electron chi connectivity index (χ4n) is 3.48. The number of nitrogens with one attached hydrogen (secondary N) is 1. The van der Waals surface area contributed by atoms with Gasteiger partial charge in [0.2, 0.25) is 5.91 Å². The standard InChI is InChI=1S/C23H22N4O2/c1-15-6-4-7-17(12-15)20-10-11-24-23-22(20)16(2)26-27(23)14-21(28)25-18-8-5-9-19(13-18)29-3/h4-13H,14H2,1-3H3,(H,25,28). The molecule has 1 N–H and O–H groups in total. The zero-order chi connectivity index (χ0) is 20.4. The molecule has 0 aliphatic carbocycles. The first-order chi connectivity index (χ1) is 14.0. The Bertz CT molecular complexity index is 1200. The van der Waals surface area contributed by atoms with Gasteiger partial charge in [0.1, 0.15) is 12.3 Å². The molecule has 0 spiro atoms. The molecule has 0 unspecified atom stereocenters. The third-order valence-electron chi connectivity index (χ3n) is 4.78. The van der Waals surface area contributed by atoms with Gasteiger partial charge in [0, 0.05) is 23.3 Å². The van der Waals surface area contributed by atoms with Crippen molar-refractivity contribution in [3.05, 3.63) is 72.1 Å². The molecule has 0 saturated carbocycles. The van der Waals surface area contributed by atoms with Crippen LogP contribution in [0.15, 0.2) is 60.8 Å². The maximum Gasteiger partial charge on any atom is 0.246 e. The molecule has 0 aliphatic rings. The second kappa shape index (κ2) is 7.75. The molecule has 4 aromatic rings. The number of amides is 1. The van der Waals surface area contributed by atoms with Crippen LogP contribution in [0, 0.1) is 13.8 Å². The van der Waals surface area contributed by atoms with Crippen LogP contribution in [0.3, 0.4) is 0 Å². The molecule has 0 bridgehead atoms. The van der Waals surface area contributed by atoms with E-state index >= 15 is 0 Å². The van der Waals surface area contributed by atoms with Gasteiger partial charge in [-0.05, 0) is 43.2 Å². The number of carbonyl (C=O) groups excluding carboxylic acids is 1. The van der Waals surface area contributed by atoms with Crippen molar-refractivity contribution in [3.63, 3.8) is 0 Å². The maximum atomic E-state index is 12.6. The van der Waals surface area contributed by atoms with Crippen molar-refractivity contribution in [2.24, 2.45) is 0 Å². The van der Waals surface area contributed by atoms with E-state index < -0.39 is 0 Å². The highest BCUT2D eigenvalue weighted by Gasteiger charge is 2.16. The Morgan fingerprint density at radius 3 is 2.72 bits per heavy atom. The molecular formula is C23H22N4O2. The number of hydrogen-bond donors (Lipinski definition) is 1. The van der Waals surface area contributed by atoms with Crippen LogP contribution in [0.1, 0.15) is 11.3 Å². The molecule has 0 saturated heterocycles. The van der Waals surface area contributed by atoms with Gasteiger partial charge in [-0.2, -0.15) is 5.10 Å². The molecule has 0 aliphatic heterocycles. The summed E-state index contributed by atoms with van der Waals surface area (Å²) in [7, 11) is 1.59. The number of anilines is 1. The lowest BCUT2D eigenvalue weighted by atomic mass is 10.0. The number of methoxy groups -OCH3 is 1. The van der Waals surface area contributed by atoms with Gasteiger partial charge in [0.05, 0.1) is 12.8 Å². The summed E-state index contributed by atoms with van der Waals surface area (Å²) in [6.45, 7) is 4.09. The van der Waals surface area contributed by atoms with E-state index in [0.717, 1.165) is 22.2 Å². The first kappa shape index (κ1) is 18.7. The molecule has 146 valence electrons. The minimum atomic E-state index is -0.176. The summed E-state index contributed by atoms with van der Waals surface area (Å²) in [6, 6.07) is 17.6. The predicted octanol–water partition coefficient (Wildman–Crippen LogP) is 4.36. The van der Waals surface area contributed by atoms with Gasteiger partial charge in [-0.1, -0.05) is 35.9 Å². The Hall–Kier alpha value is -3.67. The zero-order valence-electron chi connectivity index (χ0n) is 16.6. The highest BCUT2D eigenvalue weighted by atomic mass is 16.5. The van der Waals surface area contributed by atoms with E-state index in [9.17, 15) is 4.79 Å². The fourth-order valence-corrected chi connectivity index (χ4v) is 3.48. The Kier molecular flexibility index (Phi) is 4.99. The fraction of sp³-hybridized carbons (Fsp3) is 0.174. The number of aromatic nitrogens is 3. The van der Waals surface area contributed by atoms with Crippen molar-refractivity contribution in [1.29, 1.82) is 0 Å². The van der Waals surface area contributed by atoms with Crippen molar-refractivity contribution in [3.8, 4) is 16.9 Å². The molecule has 6 heteroatoms. The number of ether oxygens (including phenoxy) is 1. The Balaban J connectivity index is 1.65. The van der Waals surface area contributed by atoms with Crippen LogP contribution in [0.5, 0.6) is 5.75 Å². The smallest absolute Gasteiger partial charge is 0.246 e. The van der Waals surface area contributed by atoms with Gasteiger partial charge in [-0.15, -0.1) is 0 Å². The molecule has 1 amide bonds. The number of hydrogen-bond acceptors (Lipinski definition) is 4. The SMILES string of the molecule is COc1cccc(NC(=O)Cn2nc(C)c3c(-c4cccc(C)c4)ccnc32)c1. The molecule has 6 nitrogen and oxygen atoms in total. The average Bonchev–Trinajstić information content (AvgIpc) is 3.03. The molecule has 2 heterocycles. The van der Waals surface area contributed by atoms with E-state index in [-0.39, 0.29) is 12.5 Å². The number of fused-ring (bicyclic) bond motifs is 1. The summed E-state index contributed by atoms with van der Waals surface area (Å²) in [5.74, 6) is 0.512. The summed E-state index contributed by atoms with van der Waals surface area (Å²) in [5.41, 5.74) is 5.59. The second-order valence-corrected chi connectivity index (χ2v) is 6.95. The van der Waals surface area contributed by atoms with E-state index in [2.05, 4.69) is 40.5 Å². The quantitative estimate of drug-likeness (QED) is 0.553. The van der Waals surface area contributed by atoms with Crippen LogP contribution in [0.4, 0.5) is 5.69 Å². The van der Waals surface area contributed by atoms with Crippen molar-refractivity contribution in [2.45, 2.75) is 20.4 Å². The van der Waals surface area contributed by atoms with Gasteiger partial charge in [-0.25, -0.2) is 9.67 Å². The third-order valence-corrected chi connectivity index (χ3v) is 4.78. The number of benzene rings is 2. The Morgan fingerprint density at radius 1 is 1.10 bits per heavy atom. The molecule has 0 radical (unpaired) electrons. The van der Waals surface area contributed by atoms with Crippen LogP contribution in [-0.2, 0) is 11.3 Å². The summed E-state index contributed by atoms with van der Waals surface area (Å²) in [6.07, 6.45) is 1.76. The molecule has 2 aromatic heterocycles. The van der Waals surface area contributed by atoms with E-state index in [0.29, 0.717) is 17.1 Å². The highest BCUT2D eigenvalue weighted by Crippen LogP contribution is 2.30. The van der Waals surface area contributed by atoms with Crippen LogP contribution >= 0.6 is 0 Å². The number of carbonyl (C=O) groups is 1. The highest BCUT2D eigenvalue weighted by molar-refractivity contribution is 5.96. The Labute approximate surface area is 169 Å². The summed E-state index contributed by atoms with van der Waals surface area (Å²) in [4.78, 5) is 17.1. The first-order valence-electron chi connectivity index (χ1n) is 9.38. The van der Waals surface area contributed by atoms with E-state index in [1.807, 2.05) is 37.3 Å². The Morgan fingerprint density at radius 2 is 1.93 bits per heavy atom. The van der Waals surface area contributed by atoms with Gasteiger partial charge < -0.3 is 10.1 Å². The van der Waals surface area contributed by atoms with Gasteiger partial charge >= 0.3 is 0 Å². The molecule has 0 fully saturated rings. The van der Waals surface area contributed by atoms with Crippen LogP contribution in [0.25, 0.3) is 22.2 Å². The molecule has 2 aromatic carbocycles. The minimum absolute atomic E-state index is 0.0752. The monoisotopic (exact) mass is 386 g/mol. The molecule has 29 heavy (non-hydrogen) atoms. The summed E-state index contributed by atoms with van der Waals surface area (Å²) in [5, 5.41) is 8.43. The predicted molar refractivity (Wildman–Crippen MR) is 114 cm³/mol. The average molecular weight is 386 g/mol. The molecule has 4 rings (SSSR count). The third kappa shape index (κ3) is 3.82. The van der Waals surface area contributed by atoms with Crippen LogP contribution in [0.2, 0.25) is 0 Å². The van der Waals surface area contributed by atoms with Gasteiger partial charge in [0.25, 0.3) is 0 Å². The van der Waals surface area contributed by atoms with Crippen LogP contribution < -0.4 is 10.1 Å². The molecular weight excluding hydrogens is 364 g/mol. The number of aryl methyl sites for hydroxylation is 2. The normalized spacial score (nSPS) is 10.9. The first-order valence-corrected chi connectivity index (χ1v) is 9.38. The van der Waals surface area contributed by atoms with Crippen molar-refractivity contribution < 1.29 is 9.53 Å². The van der Waals surface area contributed by atoms with Crippen molar-refractivity contribution in [2.75, 3.05) is 12.4 Å². The van der Waals surface area contributed by atoms with Gasteiger partial charge in [0.15, 0.2) is 5.65 Å². The lowest BCUT2D eigenvalue weighted by molar-refractivity contribution is -0.116.